The van der Waals surface area contributed by atoms with Crippen LogP contribution >= 0.6 is 0 Å². The first-order chi connectivity index (χ1) is 9.61. The van der Waals surface area contributed by atoms with E-state index in [0.717, 1.165) is 5.56 Å². The number of hydrogen-bond donors (Lipinski definition) is 2. The summed E-state index contributed by atoms with van der Waals surface area (Å²) < 4.78 is 0. The fourth-order valence-electron chi connectivity index (χ4n) is 1.80. The molecule has 0 atom stereocenters. The van der Waals surface area contributed by atoms with Crippen LogP contribution in [0.15, 0.2) is 30.3 Å². The second-order valence-electron chi connectivity index (χ2n) is 4.18. The Balaban J connectivity index is 2.29. The molecular weight excluding hydrogens is 258 g/mol. The predicted molar refractivity (Wildman–Crippen MR) is 76.7 cm³/mol. The van der Waals surface area contributed by atoms with Crippen molar-refractivity contribution in [1.29, 1.82) is 0 Å². The second-order valence-corrected chi connectivity index (χ2v) is 4.18. The van der Waals surface area contributed by atoms with Gasteiger partial charge in [-0.15, -0.1) is 0 Å². The number of aromatic nitrogens is 2. The molecule has 104 valence electrons. The number of aryl methyl sites for hydroxylation is 1. The van der Waals surface area contributed by atoms with Crippen molar-refractivity contribution >= 4 is 17.5 Å². The predicted octanol–water partition coefficient (Wildman–Crippen LogP) is 2.35. The maximum absolute atomic E-state index is 11.1. The molecule has 0 fully saturated rings. The van der Waals surface area contributed by atoms with Gasteiger partial charge in [0.25, 0.3) is 0 Å². The smallest absolute Gasteiger partial charge is 0.332 e. The fourth-order valence-corrected chi connectivity index (χ4v) is 1.80. The normalized spacial score (nSPS) is 10.1. The first-order valence-corrected chi connectivity index (χ1v) is 6.10. The second kappa shape index (κ2) is 5.96. The largest absolute Gasteiger partial charge is 0.360 e. The van der Waals surface area contributed by atoms with Crippen LogP contribution in [0.4, 0.5) is 17.5 Å². The number of anilines is 2. The van der Waals surface area contributed by atoms with Gasteiger partial charge >= 0.3 is 5.69 Å². The van der Waals surface area contributed by atoms with Crippen LogP contribution in [0.2, 0.25) is 0 Å². The molecule has 0 aliphatic rings. The Kier molecular flexibility index (Phi) is 4.09. The highest BCUT2D eigenvalue weighted by atomic mass is 16.6. The molecule has 0 amide bonds. The van der Waals surface area contributed by atoms with Crippen LogP contribution in [0.1, 0.15) is 11.3 Å². The molecule has 1 aromatic heterocycles. The summed E-state index contributed by atoms with van der Waals surface area (Å²) in [4.78, 5) is 18.8. The van der Waals surface area contributed by atoms with Crippen molar-refractivity contribution in [3.05, 3.63) is 51.7 Å². The number of nitro groups is 1. The molecule has 0 spiro atoms. The summed E-state index contributed by atoms with van der Waals surface area (Å²) >= 11 is 0. The lowest BCUT2D eigenvalue weighted by Gasteiger charge is -2.09. The maximum atomic E-state index is 11.1. The first kappa shape index (κ1) is 13.7. The Morgan fingerprint density at radius 2 is 1.95 bits per heavy atom. The van der Waals surface area contributed by atoms with E-state index in [2.05, 4.69) is 20.6 Å². The van der Waals surface area contributed by atoms with Crippen LogP contribution < -0.4 is 10.6 Å². The van der Waals surface area contributed by atoms with E-state index in [1.54, 1.807) is 14.0 Å². The summed E-state index contributed by atoms with van der Waals surface area (Å²) in [5.74, 6) is 0.569. The summed E-state index contributed by atoms with van der Waals surface area (Å²) in [6.45, 7) is 2.05. The third-order valence-electron chi connectivity index (χ3n) is 2.77. The SMILES string of the molecule is CNc1nc(C)c([N+](=O)[O-])c(NCc2ccccc2)n1. The summed E-state index contributed by atoms with van der Waals surface area (Å²) in [6.07, 6.45) is 0. The number of benzene rings is 1. The Hall–Kier alpha value is -2.70. The lowest BCUT2D eigenvalue weighted by Crippen LogP contribution is -2.09. The zero-order valence-electron chi connectivity index (χ0n) is 11.3. The quantitative estimate of drug-likeness (QED) is 0.641. The van der Waals surface area contributed by atoms with E-state index in [1.165, 1.54) is 0 Å². The Morgan fingerprint density at radius 1 is 1.25 bits per heavy atom. The monoisotopic (exact) mass is 273 g/mol. The van der Waals surface area contributed by atoms with Gasteiger partial charge in [0.1, 0.15) is 5.69 Å². The Morgan fingerprint density at radius 3 is 2.55 bits per heavy atom. The van der Waals surface area contributed by atoms with Crippen molar-refractivity contribution in [3.63, 3.8) is 0 Å². The van der Waals surface area contributed by atoms with Crippen molar-refractivity contribution in [2.75, 3.05) is 17.7 Å². The van der Waals surface area contributed by atoms with E-state index in [-0.39, 0.29) is 11.5 Å². The standard InChI is InChI=1S/C13H15N5O2/c1-9-11(18(19)20)12(17-13(14-2)16-9)15-8-10-6-4-3-5-7-10/h3-7H,8H2,1-2H3,(H2,14,15,16,17). The van der Waals surface area contributed by atoms with Gasteiger partial charge in [-0.05, 0) is 12.5 Å². The molecule has 0 unspecified atom stereocenters. The number of hydrogen-bond acceptors (Lipinski definition) is 6. The Labute approximate surface area is 116 Å². The molecule has 0 aliphatic heterocycles. The van der Waals surface area contributed by atoms with Crippen LogP contribution in [0, 0.1) is 17.0 Å². The lowest BCUT2D eigenvalue weighted by molar-refractivity contribution is -0.385. The summed E-state index contributed by atoms with van der Waals surface area (Å²) in [7, 11) is 1.67. The molecule has 20 heavy (non-hydrogen) atoms. The number of rotatable bonds is 5. The zero-order chi connectivity index (χ0) is 14.5. The Bertz CT molecular complexity index is 616. The minimum Gasteiger partial charge on any atom is -0.360 e. The lowest BCUT2D eigenvalue weighted by atomic mass is 10.2. The highest BCUT2D eigenvalue weighted by Gasteiger charge is 2.21. The summed E-state index contributed by atoms with van der Waals surface area (Å²) in [5.41, 5.74) is 1.24. The molecule has 7 nitrogen and oxygen atoms in total. The fraction of sp³-hybridized carbons (Fsp3) is 0.231. The molecule has 0 saturated heterocycles. The van der Waals surface area contributed by atoms with Crippen LogP contribution in [-0.4, -0.2) is 21.9 Å². The highest BCUT2D eigenvalue weighted by Crippen LogP contribution is 2.26. The number of nitrogens with one attached hydrogen (secondary N) is 2. The maximum Gasteiger partial charge on any atom is 0.332 e. The van der Waals surface area contributed by atoms with Crippen LogP contribution in [0.3, 0.4) is 0 Å². The molecule has 1 aromatic carbocycles. The van der Waals surface area contributed by atoms with Gasteiger partial charge in [0, 0.05) is 13.6 Å². The molecule has 1 heterocycles. The van der Waals surface area contributed by atoms with Gasteiger partial charge in [0.15, 0.2) is 0 Å². The minimum absolute atomic E-state index is 0.0973. The average molecular weight is 273 g/mol. The van der Waals surface area contributed by atoms with E-state index in [0.29, 0.717) is 18.2 Å². The van der Waals surface area contributed by atoms with E-state index in [9.17, 15) is 10.1 Å². The average Bonchev–Trinajstić information content (AvgIpc) is 2.45. The van der Waals surface area contributed by atoms with E-state index in [4.69, 9.17) is 0 Å². The summed E-state index contributed by atoms with van der Waals surface area (Å²) in [6, 6.07) is 9.61. The van der Waals surface area contributed by atoms with Crippen molar-refractivity contribution in [2.24, 2.45) is 0 Å². The van der Waals surface area contributed by atoms with Gasteiger partial charge in [-0.2, -0.15) is 4.98 Å². The topological polar surface area (TPSA) is 93.0 Å². The molecule has 2 rings (SSSR count). The molecule has 7 heteroatoms. The van der Waals surface area contributed by atoms with Gasteiger partial charge in [0.05, 0.1) is 4.92 Å². The highest BCUT2D eigenvalue weighted by molar-refractivity contribution is 5.60. The van der Waals surface area contributed by atoms with Crippen molar-refractivity contribution in [1.82, 2.24) is 9.97 Å². The summed E-state index contributed by atoms with van der Waals surface area (Å²) in [5, 5.41) is 16.9. The van der Waals surface area contributed by atoms with Crippen LogP contribution in [-0.2, 0) is 6.54 Å². The van der Waals surface area contributed by atoms with Gasteiger partial charge < -0.3 is 10.6 Å². The van der Waals surface area contributed by atoms with Gasteiger partial charge in [-0.3, -0.25) is 10.1 Å². The third kappa shape index (κ3) is 3.00. The molecule has 2 N–H and O–H groups in total. The van der Waals surface area contributed by atoms with E-state index < -0.39 is 4.92 Å². The molecular formula is C13H15N5O2. The number of nitrogens with zero attached hydrogens (tertiary/aromatic N) is 3. The molecule has 0 bridgehead atoms. The van der Waals surface area contributed by atoms with E-state index >= 15 is 0 Å². The van der Waals surface area contributed by atoms with Crippen molar-refractivity contribution in [2.45, 2.75) is 13.5 Å². The van der Waals surface area contributed by atoms with Crippen LogP contribution in [0.25, 0.3) is 0 Å². The molecule has 0 aliphatic carbocycles. The molecule has 0 saturated carbocycles. The zero-order valence-corrected chi connectivity index (χ0v) is 11.3. The van der Waals surface area contributed by atoms with Gasteiger partial charge in [-0.1, -0.05) is 30.3 Å². The van der Waals surface area contributed by atoms with Crippen molar-refractivity contribution < 1.29 is 4.92 Å². The van der Waals surface area contributed by atoms with Crippen molar-refractivity contribution in [3.8, 4) is 0 Å². The molecule has 0 radical (unpaired) electrons. The van der Waals surface area contributed by atoms with Gasteiger partial charge in [-0.25, -0.2) is 4.98 Å². The van der Waals surface area contributed by atoms with Crippen LogP contribution in [0.5, 0.6) is 0 Å². The van der Waals surface area contributed by atoms with Gasteiger partial charge in [0.2, 0.25) is 11.8 Å². The third-order valence-corrected chi connectivity index (χ3v) is 2.77. The first-order valence-electron chi connectivity index (χ1n) is 6.10. The van der Waals surface area contributed by atoms with E-state index in [1.807, 2.05) is 30.3 Å². The molecule has 2 aromatic rings. The minimum atomic E-state index is -0.470.